The molecule has 1 aromatic carbocycles. The lowest BCUT2D eigenvalue weighted by atomic mass is 10.2. The van der Waals surface area contributed by atoms with Gasteiger partial charge >= 0.3 is 6.03 Å². The molecule has 1 saturated heterocycles. The van der Waals surface area contributed by atoms with Crippen molar-refractivity contribution in [3.8, 4) is 0 Å². The van der Waals surface area contributed by atoms with Crippen molar-refractivity contribution in [1.29, 1.82) is 0 Å². The highest BCUT2D eigenvalue weighted by Crippen LogP contribution is 2.26. The number of halogens is 1. The monoisotopic (exact) mass is 309 g/mol. The summed E-state index contributed by atoms with van der Waals surface area (Å²) in [5.41, 5.74) is 0.991. The highest BCUT2D eigenvalue weighted by Gasteiger charge is 2.24. The van der Waals surface area contributed by atoms with E-state index in [-0.39, 0.29) is 24.1 Å². The van der Waals surface area contributed by atoms with Gasteiger partial charge in [-0.3, -0.25) is 0 Å². The lowest BCUT2D eigenvalue weighted by Crippen LogP contribution is -2.45. The zero-order chi connectivity index (χ0) is 16.1. The van der Waals surface area contributed by atoms with Crippen molar-refractivity contribution in [1.82, 2.24) is 5.32 Å². The van der Waals surface area contributed by atoms with Crippen LogP contribution in [-0.2, 0) is 4.74 Å². The molecule has 0 bridgehead atoms. The molecule has 6 heteroatoms. The molecule has 2 rings (SSSR count). The number of amides is 2. The van der Waals surface area contributed by atoms with E-state index < -0.39 is 0 Å². The summed E-state index contributed by atoms with van der Waals surface area (Å²) in [5.74, 6) is -0.338. The Morgan fingerprint density at radius 3 is 2.64 bits per heavy atom. The van der Waals surface area contributed by atoms with Crippen LogP contribution in [0.1, 0.15) is 27.2 Å². The Morgan fingerprint density at radius 2 is 2.05 bits per heavy atom. The minimum Gasteiger partial charge on any atom is -0.372 e. The number of benzene rings is 1. The van der Waals surface area contributed by atoms with Crippen LogP contribution in [0.2, 0.25) is 0 Å². The van der Waals surface area contributed by atoms with E-state index in [1.54, 1.807) is 12.1 Å². The van der Waals surface area contributed by atoms with Gasteiger partial charge in [0.25, 0.3) is 0 Å². The van der Waals surface area contributed by atoms with Gasteiger partial charge < -0.3 is 20.3 Å². The van der Waals surface area contributed by atoms with Crippen molar-refractivity contribution in [3.63, 3.8) is 0 Å². The Labute approximate surface area is 130 Å². The smallest absolute Gasteiger partial charge is 0.319 e. The molecule has 0 spiro atoms. The first-order valence-corrected chi connectivity index (χ1v) is 7.74. The van der Waals surface area contributed by atoms with Gasteiger partial charge in [-0.1, -0.05) is 6.92 Å². The Morgan fingerprint density at radius 1 is 1.36 bits per heavy atom. The van der Waals surface area contributed by atoms with E-state index in [2.05, 4.69) is 10.6 Å². The summed E-state index contributed by atoms with van der Waals surface area (Å²) in [6.07, 6.45) is 0.996. The van der Waals surface area contributed by atoms with E-state index in [0.29, 0.717) is 31.0 Å². The maximum atomic E-state index is 14.3. The number of nitrogens with one attached hydrogen (secondary N) is 2. The van der Waals surface area contributed by atoms with Gasteiger partial charge in [0, 0.05) is 25.3 Å². The van der Waals surface area contributed by atoms with Crippen molar-refractivity contribution < 1.29 is 13.9 Å². The zero-order valence-electron chi connectivity index (χ0n) is 13.4. The predicted octanol–water partition coefficient (Wildman–Crippen LogP) is 2.97. The number of morpholine rings is 1. The summed E-state index contributed by atoms with van der Waals surface area (Å²) in [6, 6.07) is 4.46. The Hall–Kier alpha value is -1.82. The third kappa shape index (κ3) is 4.34. The molecule has 2 amide bonds. The first-order valence-electron chi connectivity index (χ1n) is 7.74. The van der Waals surface area contributed by atoms with Gasteiger partial charge in [0.2, 0.25) is 0 Å². The third-order valence-corrected chi connectivity index (χ3v) is 3.50. The van der Waals surface area contributed by atoms with Crippen LogP contribution in [0.15, 0.2) is 18.2 Å². The molecule has 2 N–H and O–H groups in total. The first-order chi connectivity index (χ1) is 10.5. The Bertz CT molecular complexity index is 514. The molecule has 1 aliphatic rings. The van der Waals surface area contributed by atoms with Crippen LogP contribution < -0.4 is 15.5 Å². The molecule has 1 aliphatic heterocycles. The quantitative estimate of drug-likeness (QED) is 0.899. The van der Waals surface area contributed by atoms with Gasteiger partial charge in [0.15, 0.2) is 0 Å². The van der Waals surface area contributed by atoms with Gasteiger partial charge in [-0.05, 0) is 38.5 Å². The minimum atomic E-state index is -0.338. The molecular weight excluding hydrogens is 285 g/mol. The van der Waals surface area contributed by atoms with Crippen molar-refractivity contribution in [3.05, 3.63) is 24.0 Å². The molecule has 0 aromatic heterocycles. The SMILES string of the molecule is CCCNC(=O)Nc1ccc(N2CC(C)OC(C)C2)c(F)c1. The fraction of sp³-hybridized carbons (Fsp3) is 0.562. The first kappa shape index (κ1) is 16.5. The zero-order valence-corrected chi connectivity index (χ0v) is 13.4. The number of hydrogen-bond donors (Lipinski definition) is 2. The standard InChI is InChI=1S/C16H24FN3O2/c1-4-7-18-16(21)19-13-5-6-15(14(17)8-13)20-9-11(2)22-12(3)10-20/h5-6,8,11-12H,4,7,9-10H2,1-3H3,(H2,18,19,21). The Balaban J connectivity index is 2.04. The average Bonchev–Trinajstić information content (AvgIpc) is 2.44. The lowest BCUT2D eigenvalue weighted by molar-refractivity contribution is -0.00539. The summed E-state index contributed by atoms with van der Waals surface area (Å²) in [4.78, 5) is 13.6. The molecule has 1 heterocycles. The number of nitrogens with zero attached hydrogens (tertiary/aromatic N) is 1. The normalized spacial score (nSPS) is 21.5. The highest BCUT2D eigenvalue weighted by molar-refractivity contribution is 5.89. The molecule has 1 fully saturated rings. The number of carbonyl (C=O) groups is 1. The maximum Gasteiger partial charge on any atom is 0.319 e. The summed E-state index contributed by atoms with van der Waals surface area (Å²) >= 11 is 0. The Kier molecular flexibility index (Phi) is 5.60. The van der Waals surface area contributed by atoms with Crippen LogP contribution in [-0.4, -0.2) is 37.9 Å². The van der Waals surface area contributed by atoms with E-state index in [0.717, 1.165) is 6.42 Å². The van der Waals surface area contributed by atoms with Gasteiger partial charge in [0.1, 0.15) is 5.82 Å². The van der Waals surface area contributed by atoms with Crippen molar-refractivity contribution in [2.45, 2.75) is 39.4 Å². The van der Waals surface area contributed by atoms with Crippen LogP contribution in [0, 0.1) is 5.82 Å². The predicted molar refractivity (Wildman–Crippen MR) is 85.9 cm³/mol. The van der Waals surface area contributed by atoms with Crippen molar-refractivity contribution in [2.24, 2.45) is 0 Å². The van der Waals surface area contributed by atoms with Gasteiger partial charge in [-0.15, -0.1) is 0 Å². The van der Waals surface area contributed by atoms with Crippen LogP contribution in [0.5, 0.6) is 0 Å². The fourth-order valence-corrected chi connectivity index (χ4v) is 2.63. The van der Waals surface area contributed by atoms with Gasteiger partial charge in [0.05, 0.1) is 17.9 Å². The minimum absolute atomic E-state index is 0.0702. The summed E-state index contributed by atoms with van der Waals surface area (Å²) in [7, 11) is 0. The second-order valence-corrected chi connectivity index (χ2v) is 5.71. The van der Waals surface area contributed by atoms with Gasteiger partial charge in [-0.2, -0.15) is 0 Å². The van der Waals surface area contributed by atoms with Gasteiger partial charge in [-0.25, -0.2) is 9.18 Å². The molecule has 122 valence electrons. The maximum absolute atomic E-state index is 14.3. The summed E-state index contributed by atoms with van der Waals surface area (Å²) in [6.45, 7) is 7.84. The number of hydrogen-bond acceptors (Lipinski definition) is 3. The molecule has 1 aromatic rings. The summed E-state index contributed by atoms with van der Waals surface area (Å²) in [5, 5.41) is 5.32. The molecule has 2 unspecified atom stereocenters. The number of carbonyl (C=O) groups excluding carboxylic acids is 1. The highest BCUT2D eigenvalue weighted by atomic mass is 19.1. The molecule has 5 nitrogen and oxygen atoms in total. The fourth-order valence-electron chi connectivity index (χ4n) is 2.63. The van der Waals surface area contributed by atoms with E-state index in [9.17, 15) is 9.18 Å². The summed E-state index contributed by atoms with van der Waals surface area (Å²) < 4.78 is 20.0. The van der Waals surface area contributed by atoms with E-state index in [4.69, 9.17) is 4.74 Å². The van der Waals surface area contributed by atoms with E-state index in [1.807, 2.05) is 25.7 Å². The third-order valence-electron chi connectivity index (χ3n) is 3.50. The number of ether oxygens (including phenoxy) is 1. The van der Waals surface area contributed by atoms with E-state index >= 15 is 0 Å². The largest absolute Gasteiger partial charge is 0.372 e. The second kappa shape index (κ2) is 7.45. The molecule has 0 aliphatic carbocycles. The van der Waals surface area contributed by atoms with Crippen molar-refractivity contribution >= 4 is 17.4 Å². The topological polar surface area (TPSA) is 53.6 Å². The lowest BCUT2D eigenvalue weighted by Gasteiger charge is -2.37. The second-order valence-electron chi connectivity index (χ2n) is 5.71. The number of rotatable bonds is 4. The van der Waals surface area contributed by atoms with Crippen molar-refractivity contribution in [2.75, 3.05) is 29.9 Å². The van der Waals surface area contributed by atoms with Crippen LogP contribution >= 0.6 is 0 Å². The molecule has 0 saturated carbocycles. The van der Waals surface area contributed by atoms with Crippen LogP contribution in [0.4, 0.5) is 20.6 Å². The number of anilines is 2. The van der Waals surface area contributed by atoms with Crippen LogP contribution in [0.25, 0.3) is 0 Å². The van der Waals surface area contributed by atoms with E-state index in [1.165, 1.54) is 6.07 Å². The molecule has 2 atom stereocenters. The average molecular weight is 309 g/mol. The number of urea groups is 1. The van der Waals surface area contributed by atoms with Crippen LogP contribution in [0.3, 0.4) is 0 Å². The molecule has 22 heavy (non-hydrogen) atoms. The molecule has 0 radical (unpaired) electrons. The molecular formula is C16H24FN3O2.